The third-order valence-corrected chi connectivity index (χ3v) is 3.99. The molecule has 0 amide bonds. The summed E-state index contributed by atoms with van der Waals surface area (Å²) in [6.45, 7) is 2.03. The Morgan fingerprint density at radius 2 is 2.10 bits per heavy atom. The lowest BCUT2D eigenvalue weighted by Gasteiger charge is -2.23. The first kappa shape index (κ1) is 15.1. The van der Waals surface area contributed by atoms with Crippen molar-refractivity contribution in [1.29, 1.82) is 0 Å². The quantitative estimate of drug-likeness (QED) is 0.780. The molecule has 1 aliphatic rings. The Morgan fingerprint density at radius 1 is 1.35 bits per heavy atom. The standard InChI is InChI=1S/C16H22FNO2/c17-14-7-5-13(6-8-14)16(20)9-11-18-10-1-3-15(18)4-2-12-19/h5-8,15,19H,1-4,9-12H2. The molecule has 20 heavy (non-hydrogen) atoms. The predicted octanol–water partition coefficient (Wildman–Crippen LogP) is 2.64. The van der Waals surface area contributed by atoms with Crippen LogP contribution in [0.5, 0.6) is 0 Å². The zero-order valence-corrected chi connectivity index (χ0v) is 11.7. The van der Waals surface area contributed by atoms with Crippen LogP contribution in [0.3, 0.4) is 0 Å². The molecule has 110 valence electrons. The van der Waals surface area contributed by atoms with Crippen LogP contribution in [0.4, 0.5) is 4.39 Å². The minimum absolute atomic E-state index is 0.0674. The maximum absolute atomic E-state index is 12.8. The van der Waals surface area contributed by atoms with Gasteiger partial charge in [0.2, 0.25) is 0 Å². The molecule has 1 atom stereocenters. The molecule has 1 N–H and O–H groups in total. The average molecular weight is 279 g/mol. The van der Waals surface area contributed by atoms with Crippen molar-refractivity contribution in [2.24, 2.45) is 0 Å². The topological polar surface area (TPSA) is 40.5 Å². The van der Waals surface area contributed by atoms with Gasteiger partial charge < -0.3 is 5.11 Å². The number of hydrogen-bond donors (Lipinski definition) is 1. The number of likely N-dealkylation sites (tertiary alicyclic amines) is 1. The highest BCUT2D eigenvalue weighted by atomic mass is 19.1. The number of hydrogen-bond acceptors (Lipinski definition) is 3. The fourth-order valence-electron chi connectivity index (χ4n) is 2.87. The lowest BCUT2D eigenvalue weighted by atomic mass is 10.1. The molecule has 0 aliphatic carbocycles. The van der Waals surface area contributed by atoms with Crippen molar-refractivity contribution in [1.82, 2.24) is 4.90 Å². The van der Waals surface area contributed by atoms with E-state index in [1.54, 1.807) is 12.1 Å². The van der Waals surface area contributed by atoms with Gasteiger partial charge in [0, 0.05) is 31.2 Å². The fraction of sp³-hybridized carbons (Fsp3) is 0.562. The second-order valence-electron chi connectivity index (χ2n) is 5.38. The van der Waals surface area contributed by atoms with Crippen LogP contribution in [0.15, 0.2) is 24.3 Å². The first-order valence-corrected chi connectivity index (χ1v) is 7.34. The van der Waals surface area contributed by atoms with E-state index < -0.39 is 0 Å². The highest BCUT2D eigenvalue weighted by Crippen LogP contribution is 2.21. The normalized spacial score (nSPS) is 19.4. The lowest BCUT2D eigenvalue weighted by Crippen LogP contribution is -2.31. The van der Waals surface area contributed by atoms with Crippen molar-refractivity contribution < 1.29 is 14.3 Å². The van der Waals surface area contributed by atoms with Gasteiger partial charge in [-0.1, -0.05) is 0 Å². The molecule has 0 saturated carbocycles. The number of nitrogens with zero attached hydrogens (tertiary/aromatic N) is 1. The van der Waals surface area contributed by atoms with Crippen LogP contribution in [0.25, 0.3) is 0 Å². The molecule has 1 heterocycles. The summed E-state index contributed by atoms with van der Waals surface area (Å²) in [5, 5.41) is 8.90. The minimum atomic E-state index is -0.315. The third-order valence-electron chi connectivity index (χ3n) is 3.99. The molecular weight excluding hydrogens is 257 g/mol. The lowest BCUT2D eigenvalue weighted by molar-refractivity contribution is 0.0958. The van der Waals surface area contributed by atoms with E-state index in [0.29, 0.717) is 18.0 Å². The van der Waals surface area contributed by atoms with Crippen LogP contribution in [0.1, 0.15) is 42.5 Å². The van der Waals surface area contributed by atoms with Crippen LogP contribution in [0.2, 0.25) is 0 Å². The zero-order chi connectivity index (χ0) is 14.4. The zero-order valence-electron chi connectivity index (χ0n) is 11.7. The molecule has 0 bridgehead atoms. The SMILES string of the molecule is O=C(CCN1CCCC1CCCO)c1ccc(F)cc1. The molecule has 2 rings (SSSR count). The summed E-state index contributed by atoms with van der Waals surface area (Å²) in [5.41, 5.74) is 0.581. The van der Waals surface area contributed by atoms with Gasteiger partial charge >= 0.3 is 0 Å². The maximum Gasteiger partial charge on any atom is 0.164 e. The Morgan fingerprint density at radius 3 is 2.80 bits per heavy atom. The minimum Gasteiger partial charge on any atom is -0.396 e. The average Bonchev–Trinajstić information content (AvgIpc) is 2.90. The highest BCUT2D eigenvalue weighted by molar-refractivity contribution is 5.96. The van der Waals surface area contributed by atoms with Gasteiger partial charge in [0.05, 0.1) is 0 Å². The number of carbonyl (C=O) groups is 1. The van der Waals surface area contributed by atoms with Gasteiger partial charge in [-0.05, 0) is 56.5 Å². The van der Waals surface area contributed by atoms with Gasteiger partial charge in [-0.25, -0.2) is 4.39 Å². The second kappa shape index (κ2) is 7.50. The molecule has 4 heteroatoms. The molecule has 1 aromatic carbocycles. The van der Waals surface area contributed by atoms with Gasteiger partial charge in [0.1, 0.15) is 5.82 Å². The van der Waals surface area contributed by atoms with Crippen molar-refractivity contribution in [3.63, 3.8) is 0 Å². The smallest absolute Gasteiger partial charge is 0.164 e. The summed E-state index contributed by atoms with van der Waals surface area (Å²) in [5.74, 6) is -0.247. The van der Waals surface area contributed by atoms with E-state index in [1.165, 1.54) is 18.6 Å². The fourth-order valence-corrected chi connectivity index (χ4v) is 2.87. The molecule has 1 unspecified atom stereocenters. The molecule has 1 aliphatic heterocycles. The number of carbonyl (C=O) groups excluding carboxylic acids is 1. The molecule has 1 aromatic rings. The van der Waals surface area contributed by atoms with E-state index in [2.05, 4.69) is 4.90 Å². The highest BCUT2D eigenvalue weighted by Gasteiger charge is 2.24. The Hall–Kier alpha value is -1.26. The Balaban J connectivity index is 1.81. The van der Waals surface area contributed by atoms with Crippen LogP contribution < -0.4 is 0 Å². The monoisotopic (exact) mass is 279 g/mol. The number of halogens is 1. The Kier molecular flexibility index (Phi) is 5.68. The van der Waals surface area contributed by atoms with E-state index in [9.17, 15) is 9.18 Å². The summed E-state index contributed by atoms with van der Waals surface area (Å²) in [4.78, 5) is 14.4. The molecule has 0 radical (unpaired) electrons. The molecule has 0 spiro atoms. The van der Waals surface area contributed by atoms with Crippen molar-refractivity contribution in [3.8, 4) is 0 Å². The van der Waals surface area contributed by atoms with Gasteiger partial charge in [-0.3, -0.25) is 9.69 Å². The van der Waals surface area contributed by atoms with Crippen molar-refractivity contribution >= 4 is 5.78 Å². The number of aliphatic hydroxyl groups excluding tert-OH is 1. The van der Waals surface area contributed by atoms with Gasteiger partial charge in [-0.15, -0.1) is 0 Å². The molecular formula is C16H22FNO2. The number of ketones is 1. The van der Waals surface area contributed by atoms with Crippen LogP contribution in [0, 0.1) is 5.82 Å². The van der Waals surface area contributed by atoms with Crippen LogP contribution in [-0.4, -0.2) is 41.5 Å². The van der Waals surface area contributed by atoms with E-state index in [4.69, 9.17) is 5.11 Å². The third kappa shape index (κ3) is 4.12. The van der Waals surface area contributed by atoms with E-state index in [0.717, 1.165) is 32.4 Å². The van der Waals surface area contributed by atoms with Gasteiger partial charge in [-0.2, -0.15) is 0 Å². The Bertz CT molecular complexity index is 433. The maximum atomic E-state index is 12.8. The number of aliphatic hydroxyl groups is 1. The Labute approximate surface area is 119 Å². The van der Waals surface area contributed by atoms with Crippen LogP contribution in [-0.2, 0) is 0 Å². The van der Waals surface area contributed by atoms with E-state index in [1.807, 2.05) is 0 Å². The largest absolute Gasteiger partial charge is 0.396 e. The second-order valence-corrected chi connectivity index (χ2v) is 5.38. The van der Waals surface area contributed by atoms with Crippen LogP contribution >= 0.6 is 0 Å². The van der Waals surface area contributed by atoms with Gasteiger partial charge in [0.15, 0.2) is 5.78 Å². The van der Waals surface area contributed by atoms with E-state index in [-0.39, 0.29) is 18.2 Å². The number of benzene rings is 1. The number of Topliss-reactive ketones (excluding diaryl/α,β-unsaturated/α-hetero) is 1. The van der Waals surface area contributed by atoms with Crippen molar-refractivity contribution in [2.45, 2.75) is 38.1 Å². The summed E-state index contributed by atoms with van der Waals surface area (Å²) >= 11 is 0. The first-order chi connectivity index (χ1) is 9.70. The summed E-state index contributed by atoms with van der Waals surface area (Å²) in [6.07, 6.45) is 4.63. The number of rotatable bonds is 7. The summed E-state index contributed by atoms with van der Waals surface area (Å²) in [6, 6.07) is 6.25. The summed E-state index contributed by atoms with van der Waals surface area (Å²) in [7, 11) is 0. The molecule has 1 fully saturated rings. The predicted molar refractivity (Wildman–Crippen MR) is 76.3 cm³/mol. The van der Waals surface area contributed by atoms with Gasteiger partial charge in [0.25, 0.3) is 0 Å². The van der Waals surface area contributed by atoms with Crippen molar-refractivity contribution in [2.75, 3.05) is 19.7 Å². The van der Waals surface area contributed by atoms with E-state index >= 15 is 0 Å². The summed E-state index contributed by atoms with van der Waals surface area (Å²) < 4.78 is 12.8. The molecule has 0 aromatic heterocycles. The van der Waals surface area contributed by atoms with Crippen molar-refractivity contribution in [3.05, 3.63) is 35.6 Å². The molecule has 1 saturated heterocycles. The first-order valence-electron chi connectivity index (χ1n) is 7.34. The molecule has 3 nitrogen and oxygen atoms in total.